The van der Waals surface area contributed by atoms with Gasteiger partial charge in [0.1, 0.15) is 5.69 Å². The Labute approximate surface area is 113 Å². The number of rotatable bonds is 3. The average Bonchev–Trinajstić information content (AvgIpc) is 2.68. The van der Waals surface area contributed by atoms with Gasteiger partial charge in [-0.3, -0.25) is 4.79 Å². The number of nitrogens with one attached hydrogen (secondary N) is 1. The lowest BCUT2D eigenvalue weighted by Gasteiger charge is -2.32. The Kier molecular flexibility index (Phi) is 4.30. The standard InChI is InChI=1S/C13H20ClN3O/c1-15-7-10-4-3-5-17(8-10)13(18)12-6-11(14)9-16(12)2/h6,9-10,15H,3-5,7-8H2,1-2H3. The second-order valence-electron chi connectivity index (χ2n) is 4.97. The van der Waals surface area contributed by atoms with Gasteiger partial charge in [-0.25, -0.2) is 0 Å². The molecule has 1 N–H and O–H groups in total. The quantitative estimate of drug-likeness (QED) is 0.908. The molecule has 5 heteroatoms. The molecule has 0 aliphatic carbocycles. The van der Waals surface area contributed by atoms with E-state index in [0.29, 0.717) is 16.6 Å². The molecule has 1 aliphatic rings. The van der Waals surface area contributed by atoms with E-state index in [1.807, 2.05) is 19.0 Å². The van der Waals surface area contributed by atoms with Gasteiger partial charge < -0.3 is 14.8 Å². The molecule has 0 saturated carbocycles. The van der Waals surface area contributed by atoms with E-state index in [9.17, 15) is 4.79 Å². The maximum atomic E-state index is 12.4. The van der Waals surface area contributed by atoms with E-state index < -0.39 is 0 Å². The van der Waals surface area contributed by atoms with E-state index in [4.69, 9.17) is 11.6 Å². The summed E-state index contributed by atoms with van der Waals surface area (Å²) in [5.41, 5.74) is 0.671. The molecule has 1 saturated heterocycles. The molecule has 1 aromatic heterocycles. The maximum absolute atomic E-state index is 12.4. The van der Waals surface area contributed by atoms with Gasteiger partial charge in [0, 0.05) is 26.3 Å². The van der Waals surface area contributed by atoms with Crippen LogP contribution in [0.3, 0.4) is 0 Å². The van der Waals surface area contributed by atoms with Crippen molar-refractivity contribution < 1.29 is 4.79 Å². The normalized spacial score (nSPS) is 20.2. The van der Waals surface area contributed by atoms with E-state index in [2.05, 4.69) is 5.32 Å². The van der Waals surface area contributed by atoms with Crippen LogP contribution < -0.4 is 5.32 Å². The molecule has 1 amide bonds. The molecule has 2 rings (SSSR count). The van der Waals surface area contributed by atoms with Crippen LogP contribution in [0, 0.1) is 5.92 Å². The molecule has 4 nitrogen and oxygen atoms in total. The minimum atomic E-state index is 0.0882. The Morgan fingerprint density at radius 3 is 3.00 bits per heavy atom. The van der Waals surface area contributed by atoms with Crippen molar-refractivity contribution in [3.05, 3.63) is 23.0 Å². The topological polar surface area (TPSA) is 37.3 Å². The number of aryl methyl sites for hydroxylation is 1. The number of halogens is 1. The van der Waals surface area contributed by atoms with Gasteiger partial charge in [-0.05, 0) is 38.4 Å². The number of aromatic nitrogens is 1. The van der Waals surface area contributed by atoms with Crippen molar-refractivity contribution in [2.75, 3.05) is 26.7 Å². The fourth-order valence-corrected chi connectivity index (χ4v) is 2.85. The molecule has 100 valence electrons. The summed E-state index contributed by atoms with van der Waals surface area (Å²) in [6.45, 7) is 2.65. The summed E-state index contributed by atoms with van der Waals surface area (Å²) in [6, 6.07) is 1.74. The second-order valence-corrected chi connectivity index (χ2v) is 5.41. The third-order valence-electron chi connectivity index (χ3n) is 3.49. The van der Waals surface area contributed by atoms with Crippen molar-refractivity contribution >= 4 is 17.5 Å². The summed E-state index contributed by atoms with van der Waals surface area (Å²) in [6.07, 6.45) is 4.04. The van der Waals surface area contributed by atoms with Crippen LogP contribution in [0.2, 0.25) is 5.02 Å². The Balaban J connectivity index is 2.06. The number of hydrogen-bond donors (Lipinski definition) is 1. The fourth-order valence-electron chi connectivity index (χ4n) is 2.60. The molecule has 1 aliphatic heterocycles. The minimum absolute atomic E-state index is 0.0882. The Morgan fingerprint density at radius 2 is 2.39 bits per heavy atom. The molecule has 0 aromatic carbocycles. The summed E-state index contributed by atoms with van der Waals surface area (Å²) in [5, 5.41) is 3.80. The lowest BCUT2D eigenvalue weighted by molar-refractivity contribution is 0.0664. The van der Waals surface area contributed by atoms with Gasteiger partial charge in [-0.1, -0.05) is 11.6 Å². The van der Waals surface area contributed by atoms with Crippen LogP contribution in [0.5, 0.6) is 0 Å². The van der Waals surface area contributed by atoms with E-state index in [0.717, 1.165) is 26.1 Å². The zero-order valence-corrected chi connectivity index (χ0v) is 11.7. The number of amides is 1. The van der Waals surface area contributed by atoms with Crippen molar-refractivity contribution in [1.29, 1.82) is 0 Å². The van der Waals surface area contributed by atoms with Gasteiger partial charge in [-0.2, -0.15) is 0 Å². The highest BCUT2D eigenvalue weighted by atomic mass is 35.5. The fraction of sp³-hybridized carbons (Fsp3) is 0.615. The predicted octanol–water partition coefficient (Wildman–Crippen LogP) is 1.75. The van der Waals surface area contributed by atoms with E-state index in [1.165, 1.54) is 6.42 Å². The Hall–Kier alpha value is -1.00. The van der Waals surface area contributed by atoms with Crippen molar-refractivity contribution in [2.24, 2.45) is 13.0 Å². The zero-order valence-electron chi connectivity index (χ0n) is 10.9. The van der Waals surface area contributed by atoms with E-state index in [1.54, 1.807) is 16.8 Å². The smallest absolute Gasteiger partial charge is 0.270 e. The van der Waals surface area contributed by atoms with Crippen LogP contribution in [0.25, 0.3) is 0 Å². The van der Waals surface area contributed by atoms with Crippen LogP contribution in [-0.2, 0) is 7.05 Å². The van der Waals surface area contributed by atoms with Crippen LogP contribution >= 0.6 is 11.6 Å². The first-order valence-corrected chi connectivity index (χ1v) is 6.75. The second kappa shape index (κ2) is 5.76. The summed E-state index contributed by atoms with van der Waals surface area (Å²) >= 11 is 5.93. The maximum Gasteiger partial charge on any atom is 0.270 e. The van der Waals surface area contributed by atoms with Crippen molar-refractivity contribution in [3.63, 3.8) is 0 Å². The molecular formula is C13H20ClN3O. The van der Waals surface area contributed by atoms with Crippen LogP contribution in [0.15, 0.2) is 12.3 Å². The van der Waals surface area contributed by atoms with Gasteiger partial charge in [0.05, 0.1) is 5.02 Å². The molecular weight excluding hydrogens is 250 g/mol. The number of nitrogens with zero attached hydrogens (tertiary/aromatic N) is 2. The highest BCUT2D eigenvalue weighted by Gasteiger charge is 2.25. The summed E-state index contributed by atoms with van der Waals surface area (Å²) in [7, 11) is 3.81. The number of carbonyl (C=O) groups is 1. The minimum Gasteiger partial charge on any atom is -0.345 e. The molecule has 1 aromatic rings. The van der Waals surface area contributed by atoms with Gasteiger partial charge >= 0.3 is 0 Å². The van der Waals surface area contributed by atoms with Crippen molar-refractivity contribution in [1.82, 2.24) is 14.8 Å². The van der Waals surface area contributed by atoms with Crippen LogP contribution in [0.1, 0.15) is 23.3 Å². The predicted molar refractivity (Wildman–Crippen MR) is 73.0 cm³/mol. The first-order valence-electron chi connectivity index (χ1n) is 6.37. The lowest BCUT2D eigenvalue weighted by Crippen LogP contribution is -2.43. The molecule has 2 heterocycles. The highest BCUT2D eigenvalue weighted by molar-refractivity contribution is 6.31. The summed E-state index contributed by atoms with van der Waals surface area (Å²) in [5.74, 6) is 0.647. The van der Waals surface area contributed by atoms with Crippen LogP contribution in [0.4, 0.5) is 0 Å². The SMILES string of the molecule is CNCC1CCCN(C(=O)c2cc(Cl)cn2C)C1. The summed E-state index contributed by atoms with van der Waals surface area (Å²) in [4.78, 5) is 14.4. The van der Waals surface area contributed by atoms with E-state index >= 15 is 0 Å². The van der Waals surface area contributed by atoms with Gasteiger partial charge in [-0.15, -0.1) is 0 Å². The zero-order chi connectivity index (χ0) is 13.1. The number of carbonyl (C=O) groups excluding carboxylic acids is 1. The van der Waals surface area contributed by atoms with E-state index in [-0.39, 0.29) is 5.91 Å². The Morgan fingerprint density at radius 1 is 1.61 bits per heavy atom. The largest absolute Gasteiger partial charge is 0.345 e. The molecule has 1 fully saturated rings. The van der Waals surface area contributed by atoms with Gasteiger partial charge in [0.25, 0.3) is 5.91 Å². The number of piperidine rings is 1. The number of hydrogen-bond acceptors (Lipinski definition) is 2. The monoisotopic (exact) mass is 269 g/mol. The molecule has 0 spiro atoms. The first-order chi connectivity index (χ1) is 8.61. The van der Waals surface area contributed by atoms with Crippen molar-refractivity contribution in [2.45, 2.75) is 12.8 Å². The molecule has 0 radical (unpaired) electrons. The molecule has 0 bridgehead atoms. The third kappa shape index (κ3) is 2.87. The average molecular weight is 270 g/mol. The molecule has 1 atom stereocenters. The van der Waals surface area contributed by atoms with Crippen LogP contribution in [-0.4, -0.2) is 42.1 Å². The highest BCUT2D eigenvalue weighted by Crippen LogP contribution is 2.20. The first kappa shape index (κ1) is 13.4. The third-order valence-corrected chi connectivity index (χ3v) is 3.70. The van der Waals surface area contributed by atoms with Gasteiger partial charge in [0.15, 0.2) is 0 Å². The number of likely N-dealkylation sites (tertiary alicyclic amines) is 1. The molecule has 1 unspecified atom stereocenters. The van der Waals surface area contributed by atoms with Gasteiger partial charge in [0.2, 0.25) is 0 Å². The Bertz CT molecular complexity index is 428. The lowest BCUT2D eigenvalue weighted by atomic mass is 9.98. The van der Waals surface area contributed by atoms with Crippen molar-refractivity contribution in [3.8, 4) is 0 Å². The summed E-state index contributed by atoms with van der Waals surface area (Å²) < 4.78 is 1.80. The molecule has 18 heavy (non-hydrogen) atoms.